The van der Waals surface area contributed by atoms with Gasteiger partial charge in [0, 0.05) is 17.5 Å². The van der Waals surface area contributed by atoms with Crippen molar-refractivity contribution in [2.24, 2.45) is 5.73 Å². The second-order valence-electron chi connectivity index (χ2n) is 6.22. The Morgan fingerprint density at radius 1 is 1.44 bits per heavy atom. The molecule has 0 aliphatic carbocycles. The molecule has 1 fully saturated rings. The van der Waals surface area contributed by atoms with Crippen molar-refractivity contribution in [2.45, 2.75) is 42.9 Å². The van der Waals surface area contributed by atoms with Crippen LogP contribution in [0.1, 0.15) is 26.3 Å². The summed E-state index contributed by atoms with van der Waals surface area (Å²) in [5, 5.41) is 26.4. The molecule has 1 aromatic heterocycles. The van der Waals surface area contributed by atoms with Gasteiger partial charge in [-0.25, -0.2) is 4.79 Å². The summed E-state index contributed by atoms with van der Waals surface area (Å²) in [4.78, 5) is 37.1. The van der Waals surface area contributed by atoms with Crippen molar-refractivity contribution < 1.29 is 19.8 Å². The normalized spacial score (nSPS) is 23.1. The Kier molecular flexibility index (Phi) is 5.49. The van der Waals surface area contributed by atoms with Gasteiger partial charge in [-0.05, 0) is 18.9 Å². The van der Waals surface area contributed by atoms with E-state index in [0.717, 1.165) is 11.8 Å². The minimum Gasteiger partial charge on any atom is -0.488 e. The Labute approximate surface area is 162 Å². The maximum Gasteiger partial charge on any atom is 0.352 e. The van der Waals surface area contributed by atoms with Crippen molar-refractivity contribution in [3.05, 3.63) is 21.6 Å². The third-order valence-electron chi connectivity index (χ3n) is 4.54. The fourth-order valence-corrected chi connectivity index (χ4v) is 5.35. The molecule has 2 aliphatic rings. The quantitative estimate of drug-likeness (QED) is 0.429. The Hall–Kier alpha value is -2.05. The van der Waals surface area contributed by atoms with Gasteiger partial charge in [-0.15, -0.1) is 22.0 Å². The summed E-state index contributed by atoms with van der Waals surface area (Å²) in [6.45, 7) is 3.71. The van der Waals surface area contributed by atoms with Crippen LogP contribution < -0.4 is 11.3 Å². The van der Waals surface area contributed by atoms with Crippen LogP contribution >= 0.6 is 23.5 Å². The van der Waals surface area contributed by atoms with Gasteiger partial charge >= 0.3 is 11.5 Å². The van der Waals surface area contributed by atoms with Crippen molar-refractivity contribution >= 4 is 35.4 Å². The summed E-state index contributed by atoms with van der Waals surface area (Å²) in [7, 11) is 0. The Morgan fingerprint density at radius 3 is 2.78 bits per heavy atom. The number of carbonyl (C=O) groups excluding carboxylic acids is 1. The van der Waals surface area contributed by atoms with Crippen LogP contribution in [0.2, 0.25) is 0 Å². The lowest BCUT2D eigenvalue weighted by molar-refractivity contribution is -0.147. The number of rotatable bonds is 6. The zero-order valence-electron chi connectivity index (χ0n) is 14.7. The SMILES string of the molecule is CCC(C)n1c(SCC2=C(C(=O)O)N3C(=O)C(N)[C@@H]3SC2)nnc(O)c1=O. The molecule has 27 heavy (non-hydrogen) atoms. The van der Waals surface area contributed by atoms with E-state index in [0.29, 0.717) is 17.7 Å². The average Bonchev–Trinajstić information content (AvgIpc) is 2.66. The van der Waals surface area contributed by atoms with E-state index in [4.69, 9.17) is 5.73 Å². The topological polar surface area (TPSA) is 152 Å². The standard InChI is InChI=1S/C15H19N5O5S2/c1-3-6(2)19-12(23)10(21)17-18-15(19)27-5-7-4-26-13-8(16)11(22)20(13)9(7)14(24)25/h6,8,13H,3-5,16H2,1-2H3,(H,17,21)(H,24,25)/t6?,8?,13-/m0/s1. The predicted octanol–water partition coefficient (Wildman–Crippen LogP) is -0.0119. The van der Waals surface area contributed by atoms with Gasteiger partial charge in [0.1, 0.15) is 17.1 Å². The highest BCUT2D eigenvalue weighted by Gasteiger charge is 2.51. The average molecular weight is 413 g/mol. The van der Waals surface area contributed by atoms with Gasteiger partial charge in [0.05, 0.1) is 0 Å². The summed E-state index contributed by atoms with van der Waals surface area (Å²) in [5.74, 6) is -1.65. The van der Waals surface area contributed by atoms with E-state index < -0.39 is 29.4 Å². The van der Waals surface area contributed by atoms with E-state index in [9.17, 15) is 24.6 Å². The van der Waals surface area contributed by atoms with Crippen LogP contribution in [-0.2, 0) is 9.59 Å². The number of thioether (sulfide) groups is 2. The Morgan fingerprint density at radius 2 is 2.15 bits per heavy atom. The zero-order chi connectivity index (χ0) is 19.9. The molecule has 1 saturated heterocycles. The molecular weight excluding hydrogens is 394 g/mol. The molecule has 0 radical (unpaired) electrons. The van der Waals surface area contributed by atoms with Crippen LogP contribution in [0.4, 0.5) is 0 Å². The van der Waals surface area contributed by atoms with Gasteiger partial charge in [-0.1, -0.05) is 18.7 Å². The zero-order valence-corrected chi connectivity index (χ0v) is 16.3. The molecule has 1 aromatic rings. The van der Waals surface area contributed by atoms with Crippen molar-refractivity contribution in [2.75, 3.05) is 11.5 Å². The number of nitrogens with zero attached hydrogens (tertiary/aromatic N) is 4. The Bertz CT molecular complexity index is 886. The first-order chi connectivity index (χ1) is 12.8. The summed E-state index contributed by atoms with van der Waals surface area (Å²) in [6.07, 6.45) is 0.638. The highest BCUT2D eigenvalue weighted by molar-refractivity contribution is 8.01. The smallest absolute Gasteiger partial charge is 0.352 e. The molecule has 0 spiro atoms. The largest absolute Gasteiger partial charge is 0.488 e. The van der Waals surface area contributed by atoms with Crippen LogP contribution in [0, 0.1) is 0 Å². The van der Waals surface area contributed by atoms with Crippen LogP contribution in [0.3, 0.4) is 0 Å². The molecule has 2 unspecified atom stereocenters. The molecule has 4 N–H and O–H groups in total. The molecule has 0 saturated carbocycles. The second kappa shape index (κ2) is 7.52. The first-order valence-electron chi connectivity index (χ1n) is 8.24. The molecule has 146 valence electrons. The van der Waals surface area contributed by atoms with Gasteiger partial charge < -0.3 is 15.9 Å². The lowest BCUT2D eigenvalue weighted by Crippen LogP contribution is -2.68. The fourth-order valence-electron chi connectivity index (χ4n) is 2.89. The molecule has 12 heteroatoms. The van der Waals surface area contributed by atoms with Crippen molar-refractivity contribution in [1.29, 1.82) is 0 Å². The Balaban J connectivity index is 1.90. The number of fused-ring (bicyclic) bond motifs is 1. The molecule has 3 atom stereocenters. The minimum absolute atomic E-state index is 0.0536. The predicted molar refractivity (Wildman–Crippen MR) is 99.4 cm³/mol. The molecule has 10 nitrogen and oxygen atoms in total. The maximum atomic E-state index is 12.2. The lowest BCUT2D eigenvalue weighted by Gasteiger charge is -2.48. The number of aliphatic carboxylic acids is 1. The van der Waals surface area contributed by atoms with Crippen LogP contribution in [0.5, 0.6) is 5.88 Å². The number of hydrogen-bond acceptors (Lipinski definition) is 9. The first-order valence-corrected chi connectivity index (χ1v) is 10.3. The number of aromatic nitrogens is 3. The molecule has 3 rings (SSSR count). The summed E-state index contributed by atoms with van der Waals surface area (Å²) < 4.78 is 1.34. The van der Waals surface area contributed by atoms with E-state index >= 15 is 0 Å². The lowest BCUT2D eigenvalue weighted by atomic mass is 10.0. The number of carboxylic acids is 1. The highest BCUT2D eigenvalue weighted by Crippen LogP contribution is 2.40. The fraction of sp³-hybridized carbons (Fsp3) is 0.533. The van der Waals surface area contributed by atoms with Crippen molar-refractivity contribution in [3.63, 3.8) is 0 Å². The number of hydrogen-bond donors (Lipinski definition) is 3. The number of nitrogens with two attached hydrogens (primary N) is 1. The third-order valence-corrected chi connectivity index (χ3v) is 6.93. The minimum atomic E-state index is -1.19. The van der Waals surface area contributed by atoms with Crippen molar-refractivity contribution in [1.82, 2.24) is 19.7 Å². The molecule has 1 amide bonds. The molecule has 0 aromatic carbocycles. The monoisotopic (exact) mass is 413 g/mol. The molecule has 2 aliphatic heterocycles. The van der Waals surface area contributed by atoms with E-state index in [1.165, 1.54) is 21.2 Å². The van der Waals surface area contributed by atoms with Crippen LogP contribution in [-0.4, -0.2) is 64.7 Å². The summed E-state index contributed by atoms with van der Waals surface area (Å²) in [5.41, 5.74) is 5.59. The van der Waals surface area contributed by atoms with E-state index in [1.807, 2.05) is 13.8 Å². The van der Waals surface area contributed by atoms with Gasteiger partial charge in [-0.2, -0.15) is 0 Å². The van der Waals surface area contributed by atoms with Crippen LogP contribution in [0.15, 0.2) is 21.2 Å². The van der Waals surface area contributed by atoms with E-state index in [1.54, 1.807) is 0 Å². The van der Waals surface area contributed by atoms with Crippen LogP contribution in [0.25, 0.3) is 0 Å². The number of amides is 1. The summed E-state index contributed by atoms with van der Waals surface area (Å²) in [6, 6.07) is -0.897. The first kappa shape index (κ1) is 19.7. The second-order valence-corrected chi connectivity index (χ2v) is 8.27. The number of carboxylic acid groups (broad SMARTS) is 1. The third kappa shape index (κ3) is 3.32. The van der Waals surface area contributed by atoms with E-state index in [-0.39, 0.29) is 28.0 Å². The van der Waals surface area contributed by atoms with Gasteiger partial charge in [0.2, 0.25) is 5.91 Å². The van der Waals surface area contributed by atoms with Gasteiger partial charge in [-0.3, -0.25) is 19.1 Å². The molecule has 3 heterocycles. The number of β-lactam (4-membered cyclic amide) rings is 1. The number of carbonyl (C=O) groups is 2. The van der Waals surface area contributed by atoms with Gasteiger partial charge in [0.25, 0.3) is 5.88 Å². The maximum absolute atomic E-state index is 12.2. The number of aromatic hydroxyl groups is 1. The molecule has 0 bridgehead atoms. The van der Waals surface area contributed by atoms with E-state index in [2.05, 4.69) is 10.2 Å². The highest BCUT2D eigenvalue weighted by atomic mass is 32.2. The molecular formula is C15H19N5O5S2. The van der Waals surface area contributed by atoms with Gasteiger partial charge in [0.15, 0.2) is 5.16 Å². The summed E-state index contributed by atoms with van der Waals surface area (Å²) >= 11 is 2.56. The van der Waals surface area contributed by atoms with Crippen molar-refractivity contribution in [3.8, 4) is 5.88 Å².